The molecule has 0 fully saturated rings. The summed E-state index contributed by atoms with van der Waals surface area (Å²) in [6.07, 6.45) is 3.45. The minimum Gasteiger partial charge on any atom is -0.376 e. The summed E-state index contributed by atoms with van der Waals surface area (Å²) in [6.45, 7) is 1.70. The van der Waals surface area contributed by atoms with Gasteiger partial charge < -0.3 is 10.6 Å². The first-order valence-corrected chi connectivity index (χ1v) is 10.9. The number of hydrogen-bond acceptors (Lipinski definition) is 5. The van der Waals surface area contributed by atoms with Crippen molar-refractivity contribution >= 4 is 38.9 Å². The summed E-state index contributed by atoms with van der Waals surface area (Å²) in [5, 5.41) is 10.3. The van der Waals surface area contributed by atoms with E-state index >= 15 is 0 Å². The van der Waals surface area contributed by atoms with E-state index in [1.165, 1.54) is 20.2 Å². The van der Waals surface area contributed by atoms with Crippen LogP contribution in [0, 0.1) is 6.92 Å². The Balaban J connectivity index is 1.66. The van der Waals surface area contributed by atoms with Crippen molar-refractivity contribution in [3.8, 4) is 5.69 Å². The number of carbonyl (C=O) groups is 1. The molecule has 0 aliphatic heterocycles. The monoisotopic (exact) mass is 447 g/mol. The summed E-state index contributed by atoms with van der Waals surface area (Å²) in [5.41, 5.74) is 2.41. The van der Waals surface area contributed by atoms with Crippen LogP contribution < -0.4 is 10.6 Å². The van der Waals surface area contributed by atoms with Crippen LogP contribution in [-0.4, -0.2) is 49.1 Å². The summed E-state index contributed by atoms with van der Waals surface area (Å²) in [7, 11) is -0.674. The maximum atomic E-state index is 12.4. The first kappa shape index (κ1) is 21.8. The van der Waals surface area contributed by atoms with Gasteiger partial charge in [0.25, 0.3) is 0 Å². The molecule has 0 atom stereocenters. The van der Waals surface area contributed by atoms with Crippen molar-refractivity contribution in [2.75, 3.05) is 31.3 Å². The van der Waals surface area contributed by atoms with Crippen LogP contribution >= 0.6 is 11.6 Å². The third-order valence-electron chi connectivity index (χ3n) is 4.38. The zero-order valence-corrected chi connectivity index (χ0v) is 18.3. The van der Waals surface area contributed by atoms with Crippen LogP contribution in [0.5, 0.6) is 0 Å². The van der Waals surface area contributed by atoms with Crippen molar-refractivity contribution in [1.82, 2.24) is 14.1 Å². The standard InChI is InChI=1S/C20H22ClN5O3S/c1-14-5-6-16(12-19(14)30(28,29)25(2)3)24-20(27)13-22-15-7-8-18(17(21)11-15)26-10-4-9-23-26/h4-12,22H,13H2,1-3H3,(H,24,27). The van der Waals surface area contributed by atoms with Gasteiger partial charge in [-0.05, 0) is 48.9 Å². The highest BCUT2D eigenvalue weighted by atomic mass is 35.5. The Morgan fingerprint density at radius 2 is 1.90 bits per heavy atom. The maximum Gasteiger partial charge on any atom is 0.243 e. The van der Waals surface area contributed by atoms with Gasteiger partial charge >= 0.3 is 0 Å². The number of amides is 1. The molecule has 1 heterocycles. The zero-order chi connectivity index (χ0) is 21.9. The zero-order valence-electron chi connectivity index (χ0n) is 16.8. The van der Waals surface area contributed by atoms with Crippen LogP contribution in [0.25, 0.3) is 5.69 Å². The second-order valence-electron chi connectivity index (χ2n) is 6.79. The third kappa shape index (κ3) is 4.81. The molecule has 2 aromatic carbocycles. The second-order valence-corrected chi connectivity index (χ2v) is 9.31. The highest BCUT2D eigenvalue weighted by Gasteiger charge is 2.20. The fourth-order valence-corrected chi connectivity index (χ4v) is 4.17. The van der Waals surface area contributed by atoms with Gasteiger partial charge in [-0.15, -0.1) is 0 Å². The molecule has 1 aromatic heterocycles. The highest BCUT2D eigenvalue weighted by Crippen LogP contribution is 2.24. The number of aromatic nitrogens is 2. The normalized spacial score (nSPS) is 11.5. The minimum absolute atomic E-state index is 0.0128. The largest absolute Gasteiger partial charge is 0.376 e. The topological polar surface area (TPSA) is 96.3 Å². The fourth-order valence-electron chi connectivity index (χ4n) is 2.75. The van der Waals surface area contributed by atoms with Crippen molar-refractivity contribution in [3.05, 3.63) is 65.4 Å². The first-order valence-electron chi connectivity index (χ1n) is 9.05. The lowest BCUT2D eigenvalue weighted by Crippen LogP contribution is -2.24. The molecule has 0 aliphatic rings. The van der Waals surface area contributed by atoms with Gasteiger partial charge in [0.05, 0.1) is 22.2 Å². The van der Waals surface area contributed by atoms with E-state index in [2.05, 4.69) is 15.7 Å². The Bertz CT molecular complexity index is 1160. The van der Waals surface area contributed by atoms with E-state index in [9.17, 15) is 13.2 Å². The minimum atomic E-state index is -3.60. The van der Waals surface area contributed by atoms with E-state index in [1.54, 1.807) is 60.4 Å². The molecular formula is C20H22ClN5O3S. The molecule has 8 nitrogen and oxygen atoms in total. The molecule has 0 radical (unpaired) electrons. The molecule has 2 N–H and O–H groups in total. The van der Waals surface area contributed by atoms with Gasteiger partial charge in [0.2, 0.25) is 15.9 Å². The van der Waals surface area contributed by atoms with Gasteiger partial charge in [-0.3, -0.25) is 4.79 Å². The molecule has 158 valence electrons. The quantitative estimate of drug-likeness (QED) is 0.580. The van der Waals surface area contributed by atoms with Crippen LogP contribution in [0.15, 0.2) is 59.8 Å². The Morgan fingerprint density at radius 3 is 2.53 bits per heavy atom. The average molecular weight is 448 g/mol. The van der Waals surface area contributed by atoms with E-state index in [4.69, 9.17) is 11.6 Å². The molecule has 0 bridgehead atoms. The van der Waals surface area contributed by atoms with Gasteiger partial charge in [0, 0.05) is 37.9 Å². The number of nitrogens with one attached hydrogen (secondary N) is 2. The van der Waals surface area contributed by atoms with Gasteiger partial charge in [-0.2, -0.15) is 5.10 Å². The summed E-state index contributed by atoms with van der Waals surface area (Å²) in [4.78, 5) is 12.5. The van der Waals surface area contributed by atoms with Gasteiger partial charge in [-0.1, -0.05) is 17.7 Å². The molecule has 3 aromatic rings. The number of sulfonamides is 1. The van der Waals surface area contributed by atoms with Crippen molar-refractivity contribution in [3.63, 3.8) is 0 Å². The van der Waals surface area contributed by atoms with Crippen LogP contribution in [0.4, 0.5) is 11.4 Å². The molecule has 1 amide bonds. The summed E-state index contributed by atoms with van der Waals surface area (Å²) < 4.78 is 27.6. The number of aryl methyl sites for hydroxylation is 1. The molecular weight excluding hydrogens is 426 g/mol. The van der Waals surface area contributed by atoms with Crippen LogP contribution in [-0.2, 0) is 14.8 Å². The number of halogens is 1. The van der Waals surface area contributed by atoms with E-state index in [0.29, 0.717) is 22.0 Å². The summed E-state index contributed by atoms with van der Waals surface area (Å²) >= 11 is 6.30. The molecule has 0 spiro atoms. The van der Waals surface area contributed by atoms with Crippen LogP contribution in [0.3, 0.4) is 0 Å². The Hall–Kier alpha value is -2.88. The van der Waals surface area contributed by atoms with Gasteiger partial charge in [0.15, 0.2) is 0 Å². The van der Waals surface area contributed by atoms with Crippen LogP contribution in [0.1, 0.15) is 5.56 Å². The Morgan fingerprint density at radius 1 is 1.17 bits per heavy atom. The lowest BCUT2D eigenvalue weighted by Gasteiger charge is -2.15. The predicted molar refractivity (Wildman–Crippen MR) is 118 cm³/mol. The first-order chi connectivity index (χ1) is 14.2. The molecule has 30 heavy (non-hydrogen) atoms. The third-order valence-corrected chi connectivity index (χ3v) is 6.64. The number of nitrogens with zero attached hydrogens (tertiary/aromatic N) is 3. The summed E-state index contributed by atoms with van der Waals surface area (Å²) in [6, 6.07) is 11.9. The van der Waals surface area contributed by atoms with Crippen LogP contribution in [0.2, 0.25) is 5.02 Å². The van der Waals surface area contributed by atoms with E-state index < -0.39 is 10.0 Å². The number of anilines is 2. The van der Waals surface area contributed by atoms with Crippen molar-refractivity contribution in [1.29, 1.82) is 0 Å². The molecule has 0 aliphatic carbocycles. The Labute approximate surface area is 180 Å². The molecule has 3 rings (SSSR count). The summed E-state index contributed by atoms with van der Waals surface area (Å²) in [5.74, 6) is -0.320. The average Bonchev–Trinajstić information content (AvgIpc) is 3.22. The molecule has 10 heteroatoms. The van der Waals surface area contributed by atoms with Crippen molar-refractivity contribution in [2.45, 2.75) is 11.8 Å². The Kier molecular flexibility index (Phi) is 6.45. The van der Waals surface area contributed by atoms with E-state index in [1.807, 2.05) is 0 Å². The van der Waals surface area contributed by atoms with Gasteiger partial charge in [-0.25, -0.2) is 17.4 Å². The number of rotatable bonds is 7. The second kappa shape index (κ2) is 8.86. The predicted octanol–water partition coefficient (Wildman–Crippen LogP) is 3.14. The number of benzene rings is 2. The van der Waals surface area contributed by atoms with Crippen molar-refractivity contribution < 1.29 is 13.2 Å². The van der Waals surface area contributed by atoms with E-state index in [-0.39, 0.29) is 17.3 Å². The molecule has 0 saturated carbocycles. The fraction of sp³-hybridized carbons (Fsp3) is 0.200. The number of hydrogen-bond donors (Lipinski definition) is 2. The SMILES string of the molecule is Cc1ccc(NC(=O)CNc2ccc(-n3cccn3)c(Cl)c2)cc1S(=O)(=O)N(C)C. The highest BCUT2D eigenvalue weighted by molar-refractivity contribution is 7.89. The van der Waals surface area contributed by atoms with E-state index in [0.717, 1.165) is 9.99 Å². The number of carbonyl (C=O) groups excluding carboxylic acids is 1. The lowest BCUT2D eigenvalue weighted by molar-refractivity contribution is -0.114. The van der Waals surface area contributed by atoms with Gasteiger partial charge in [0.1, 0.15) is 0 Å². The lowest BCUT2D eigenvalue weighted by atomic mass is 10.2. The molecule has 0 unspecified atom stereocenters. The van der Waals surface area contributed by atoms with Crippen molar-refractivity contribution in [2.24, 2.45) is 0 Å². The smallest absolute Gasteiger partial charge is 0.243 e. The molecule has 0 saturated heterocycles. The maximum absolute atomic E-state index is 12.4.